The fraction of sp³-hybridized carbons (Fsp3) is 0. The van der Waals surface area contributed by atoms with E-state index in [1.54, 1.807) is 0 Å². The smallest absolute Gasteiger partial charge is 0 e. The van der Waals surface area contributed by atoms with Crippen LogP contribution in [0.3, 0.4) is 0 Å². The minimum Gasteiger partial charge on any atom is 0 e. The maximum absolute atomic E-state index is 4.67. The van der Waals surface area contributed by atoms with Gasteiger partial charge < -0.3 is 0 Å². The van der Waals surface area contributed by atoms with Crippen LogP contribution in [0.1, 0.15) is 0 Å². The molecule has 0 aliphatic rings. The normalized spacial score (nSPS) is 4.00. The Bertz CT molecular complexity index is 11.2. The Balaban J connectivity index is -0.0000000273. The molecular weight excluding hydrogens is 108 g/mol. The number of hydrogen-bond acceptors (Lipinski definition) is 0. The molecule has 30 valence electrons. The monoisotopic (exact) mass is 110 g/mol. The lowest BCUT2D eigenvalue weighted by Crippen LogP contribution is -2.11. The van der Waals surface area contributed by atoms with Crippen LogP contribution in [0.25, 0.3) is 0 Å². The van der Waals surface area contributed by atoms with E-state index >= 15 is 0 Å². The highest BCUT2D eigenvalue weighted by Gasteiger charge is 1.73. The molecule has 0 aromatic carbocycles. The predicted octanol–water partition coefficient (Wildman–Crippen LogP) is -3.81. The molecule has 0 N–H and O–H groups in total. The molecule has 0 aromatic heterocycles. The van der Waals surface area contributed by atoms with Crippen LogP contribution in [0.4, 0.5) is 0 Å². The van der Waals surface area contributed by atoms with Crippen LogP contribution in [0, 0.1) is 0 Å². The van der Waals surface area contributed by atoms with E-state index in [9.17, 15) is 0 Å². The molecule has 0 amide bonds. The molecule has 0 fully saturated rings. The van der Waals surface area contributed by atoms with Crippen LogP contribution < -0.4 is 0 Å². The van der Waals surface area contributed by atoms with E-state index in [0.717, 1.165) is 7.06 Å². The van der Waals surface area contributed by atoms with Gasteiger partial charge in [-0.15, -0.1) is 0 Å². The summed E-state index contributed by atoms with van der Waals surface area (Å²) in [7, 11) is 32.0. The summed E-state index contributed by atoms with van der Waals surface area (Å²) < 4.78 is 0. The van der Waals surface area contributed by atoms with Gasteiger partial charge in [0.2, 0.25) is 0 Å². The fourth-order valence-electron chi connectivity index (χ4n) is 0. The number of rotatable bonds is 0. The summed E-state index contributed by atoms with van der Waals surface area (Å²) in [6.45, 7) is 0. The third kappa shape index (κ3) is 1200. The molecule has 0 nitrogen and oxygen atoms in total. The third-order valence-corrected chi connectivity index (χ3v) is 0. The molecule has 0 unspecified atom stereocenters. The molecule has 0 bridgehead atoms. The zero-order valence-corrected chi connectivity index (χ0v) is 5.77. The van der Waals surface area contributed by atoms with Gasteiger partial charge in [0, 0.05) is 76.0 Å². The SMILES string of the molecule is [B].[B]B([B])[B].[B][B].[B][B][B]. The maximum Gasteiger partial charge on any atom is 0 e. The van der Waals surface area contributed by atoms with Crippen molar-refractivity contribution >= 4 is 76.0 Å². The van der Waals surface area contributed by atoms with Gasteiger partial charge in [-0.3, -0.25) is 0 Å². The quantitative estimate of drug-likeness (QED) is 0.279. The molecule has 0 saturated carbocycles. The zero-order chi connectivity index (χ0) is 8.28. The molecule has 0 aliphatic heterocycles. The van der Waals surface area contributed by atoms with Crippen molar-refractivity contribution < 1.29 is 0 Å². The van der Waals surface area contributed by atoms with E-state index in [2.05, 4.69) is 54.2 Å². The summed E-state index contributed by atoms with van der Waals surface area (Å²) in [5, 5.41) is 0. The molecule has 0 heterocycles. The molecule has 0 spiro atoms. The van der Waals surface area contributed by atoms with E-state index in [4.69, 9.17) is 0 Å². The van der Waals surface area contributed by atoms with Crippen LogP contribution in [0.2, 0.25) is 0 Å². The van der Waals surface area contributed by atoms with Gasteiger partial charge in [0.1, 0.15) is 0 Å². The first-order chi connectivity index (χ1) is 4.15. The average molecular weight is 108 g/mol. The van der Waals surface area contributed by atoms with E-state index in [0.29, 0.717) is 0 Å². The molecule has 0 atom stereocenters. The zero-order valence-electron chi connectivity index (χ0n) is 5.77. The van der Waals surface area contributed by atoms with E-state index < -0.39 is 6.39 Å². The van der Waals surface area contributed by atoms with Crippen molar-refractivity contribution in [1.29, 1.82) is 0 Å². The van der Waals surface area contributed by atoms with Gasteiger partial charge in [0.25, 0.3) is 0 Å². The van der Waals surface area contributed by atoms with Gasteiger partial charge in [-0.1, -0.05) is 0 Å². The van der Waals surface area contributed by atoms with Crippen LogP contribution >= 0.6 is 0 Å². The lowest BCUT2D eigenvalue weighted by Gasteiger charge is -1.73. The van der Waals surface area contributed by atoms with Gasteiger partial charge in [-0.25, -0.2) is 0 Å². The Morgan fingerprint density at radius 2 is 0.900 bits per heavy atom. The minimum absolute atomic E-state index is 0. The molecule has 10 heteroatoms. The van der Waals surface area contributed by atoms with Gasteiger partial charge in [-0.05, 0) is 0 Å². The van der Waals surface area contributed by atoms with Crippen molar-refractivity contribution in [2.75, 3.05) is 0 Å². The summed E-state index contributed by atoms with van der Waals surface area (Å²) in [6.07, 6.45) is -0.667. The average Bonchev–Trinajstić information content (AvgIpc) is 1.71. The first-order valence-electron chi connectivity index (χ1n) is 2.00. The fourth-order valence-corrected chi connectivity index (χ4v) is 0. The van der Waals surface area contributed by atoms with Crippen molar-refractivity contribution in [3.8, 4) is 0 Å². The second kappa shape index (κ2) is 33.4. The van der Waals surface area contributed by atoms with Crippen molar-refractivity contribution in [2.45, 2.75) is 0 Å². The highest BCUT2D eigenvalue weighted by atomic mass is 12.5. The third-order valence-electron chi connectivity index (χ3n) is 0. The van der Waals surface area contributed by atoms with E-state index in [1.807, 2.05) is 0 Å². The van der Waals surface area contributed by atoms with Crippen molar-refractivity contribution in [3.63, 3.8) is 0 Å². The van der Waals surface area contributed by atoms with Crippen LogP contribution in [-0.2, 0) is 0 Å². The second-order valence-corrected chi connectivity index (χ2v) is 0.770. The highest BCUT2D eigenvalue weighted by Crippen LogP contribution is 1.35. The molecule has 0 saturated heterocycles. The number of hydrogen-bond donors (Lipinski definition) is 0. The van der Waals surface area contributed by atoms with Gasteiger partial charge in [-0.2, -0.15) is 0 Å². The summed E-state index contributed by atoms with van der Waals surface area (Å²) in [4.78, 5) is 0. The van der Waals surface area contributed by atoms with E-state index in [1.165, 1.54) is 0 Å². The predicted molar refractivity (Wildman–Crippen MR) is 57.5 cm³/mol. The van der Waals surface area contributed by atoms with Crippen LogP contribution in [0.5, 0.6) is 0 Å². The Morgan fingerprint density at radius 1 is 0.900 bits per heavy atom. The first kappa shape index (κ1) is 22.4. The van der Waals surface area contributed by atoms with Gasteiger partial charge in [0.15, 0.2) is 0 Å². The maximum atomic E-state index is 4.67. The Hall–Kier alpha value is 0.649. The summed E-state index contributed by atoms with van der Waals surface area (Å²) in [5.74, 6) is 0. The summed E-state index contributed by atoms with van der Waals surface area (Å²) >= 11 is 0. The van der Waals surface area contributed by atoms with Crippen LogP contribution in [0.15, 0.2) is 0 Å². The lowest BCUT2D eigenvalue weighted by molar-refractivity contribution is 4.02. The van der Waals surface area contributed by atoms with Crippen molar-refractivity contribution in [3.05, 3.63) is 0 Å². The van der Waals surface area contributed by atoms with Crippen molar-refractivity contribution in [1.82, 2.24) is 0 Å². The van der Waals surface area contributed by atoms with Gasteiger partial charge in [0.05, 0.1) is 0 Å². The standard InChI is InChI=1S/B4.B3.B2.B/c1-4(2)3;1-3-2;1-2;. The second-order valence-electron chi connectivity index (χ2n) is 0.770. The molecule has 18 radical (unpaired) electrons. The van der Waals surface area contributed by atoms with E-state index in [-0.39, 0.29) is 8.41 Å². The molecular formula is B10. The lowest BCUT2D eigenvalue weighted by atomic mass is 9.08. The van der Waals surface area contributed by atoms with Crippen LogP contribution in [-0.4, -0.2) is 76.0 Å². The largest absolute Gasteiger partial charge is 0 e. The minimum atomic E-state index is -0.667. The molecule has 10 heavy (non-hydrogen) atoms. The topological polar surface area (TPSA) is 0 Å². The highest BCUT2D eigenvalue weighted by molar-refractivity contribution is 7.49. The van der Waals surface area contributed by atoms with Crippen molar-refractivity contribution in [2.24, 2.45) is 0 Å². The molecule has 0 aliphatic carbocycles. The molecule has 0 aromatic rings. The van der Waals surface area contributed by atoms with Gasteiger partial charge >= 0.3 is 0 Å². The Morgan fingerprint density at radius 3 is 0.900 bits per heavy atom. The Kier molecular flexibility index (Phi) is 74.9. The summed E-state index contributed by atoms with van der Waals surface area (Å²) in [5.41, 5.74) is 0. The Labute approximate surface area is 76.5 Å². The first-order valence-corrected chi connectivity index (χ1v) is 2.00. The summed E-state index contributed by atoms with van der Waals surface area (Å²) in [6, 6.07) is 0. The molecule has 0 rings (SSSR count).